The van der Waals surface area contributed by atoms with Crippen LogP contribution in [0.2, 0.25) is 0 Å². The third kappa shape index (κ3) is 2.42. The van der Waals surface area contributed by atoms with Gasteiger partial charge in [-0.05, 0) is 35.7 Å². The van der Waals surface area contributed by atoms with Crippen molar-refractivity contribution >= 4 is 5.71 Å². The summed E-state index contributed by atoms with van der Waals surface area (Å²) in [5.74, 6) is -1.06. The fourth-order valence-electron chi connectivity index (χ4n) is 2.05. The maximum atomic E-state index is 14.0. The van der Waals surface area contributed by atoms with Gasteiger partial charge in [-0.1, -0.05) is 30.3 Å². The number of phenolic OH excluding ortho intramolecular Hbond substituents is 2. The maximum absolute atomic E-state index is 14.0. The van der Waals surface area contributed by atoms with E-state index < -0.39 is 5.82 Å². The maximum Gasteiger partial charge on any atom is 0.158 e. The van der Waals surface area contributed by atoms with Crippen molar-refractivity contribution in [2.24, 2.45) is 5.16 Å². The Balaban J connectivity index is 2.68. The van der Waals surface area contributed by atoms with E-state index in [9.17, 15) is 14.6 Å². The van der Waals surface area contributed by atoms with Crippen molar-refractivity contribution < 1.29 is 19.8 Å². The monoisotopic (exact) mass is 275 g/mol. The van der Waals surface area contributed by atoms with E-state index in [-0.39, 0.29) is 22.8 Å². The second-order valence-corrected chi connectivity index (χ2v) is 4.27. The van der Waals surface area contributed by atoms with Crippen LogP contribution in [0.25, 0.3) is 11.1 Å². The molecule has 0 fully saturated rings. The van der Waals surface area contributed by atoms with Gasteiger partial charge in [-0.15, -0.1) is 0 Å². The second-order valence-electron chi connectivity index (χ2n) is 4.27. The molecule has 0 aliphatic rings. The van der Waals surface area contributed by atoms with Crippen LogP contribution < -0.4 is 0 Å². The van der Waals surface area contributed by atoms with Gasteiger partial charge in [-0.25, -0.2) is 4.39 Å². The molecular formula is C15H14FNO3. The molecule has 0 aliphatic heterocycles. The molecule has 20 heavy (non-hydrogen) atoms. The van der Waals surface area contributed by atoms with E-state index in [1.54, 1.807) is 19.1 Å². The minimum absolute atomic E-state index is 0.183. The predicted molar refractivity (Wildman–Crippen MR) is 73.8 cm³/mol. The lowest BCUT2D eigenvalue weighted by Gasteiger charge is -2.12. The van der Waals surface area contributed by atoms with Gasteiger partial charge in [0.05, 0.1) is 5.71 Å². The number of oxime groups is 1. The molecule has 0 saturated carbocycles. The lowest BCUT2D eigenvalue weighted by molar-refractivity contribution is 0.318. The van der Waals surface area contributed by atoms with Crippen LogP contribution in [0.4, 0.5) is 4.39 Å². The van der Waals surface area contributed by atoms with Crippen LogP contribution >= 0.6 is 0 Å². The van der Waals surface area contributed by atoms with Crippen molar-refractivity contribution in [3.63, 3.8) is 0 Å². The molecule has 0 spiro atoms. The molecule has 0 aliphatic carbocycles. The highest BCUT2D eigenvalue weighted by Gasteiger charge is 2.16. The summed E-state index contributed by atoms with van der Waals surface area (Å²) >= 11 is 0. The van der Waals surface area contributed by atoms with E-state index in [0.717, 1.165) is 0 Å². The molecule has 5 heteroatoms. The first-order valence-electron chi connectivity index (χ1n) is 6.10. The largest absolute Gasteiger partial charge is 0.504 e. The Labute approximate surface area is 115 Å². The molecule has 0 bridgehead atoms. The highest BCUT2D eigenvalue weighted by atomic mass is 19.1. The van der Waals surface area contributed by atoms with Gasteiger partial charge in [0.1, 0.15) is 5.82 Å². The third-order valence-electron chi connectivity index (χ3n) is 3.04. The molecule has 2 aromatic rings. The number of phenols is 2. The molecule has 4 nitrogen and oxygen atoms in total. The standard InChI is InChI=1S/C15H14FNO3/c1-2-12(17-20)15-10(4-3-5-11(15)16)9-6-7-13(18)14(19)8-9/h3-8,18-20H,2H2,1H3. The molecule has 0 heterocycles. The summed E-state index contributed by atoms with van der Waals surface area (Å²) in [5, 5.41) is 31.0. The minimum atomic E-state index is -0.510. The minimum Gasteiger partial charge on any atom is -0.504 e. The van der Waals surface area contributed by atoms with E-state index in [2.05, 4.69) is 5.16 Å². The zero-order chi connectivity index (χ0) is 14.7. The number of halogens is 1. The topological polar surface area (TPSA) is 73.1 Å². The Hall–Kier alpha value is -2.56. The van der Waals surface area contributed by atoms with Gasteiger partial charge in [-0.3, -0.25) is 0 Å². The summed E-state index contributed by atoms with van der Waals surface area (Å²) in [6, 6.07) is 8.67. The number of hydrogen-bond donors (Lipinski definition) is 3. The van der Waals surface area contributed by atoms with E-state index in [0.29, 0.717) is 17.5 Å². The first-order chi connectivity index (χ1) is 9.58. The Morgan fingerprint density at radius 2 is 1.90 bits per heavy atom. The number of benzene rings is 2. The van der Waals surface area contributed by atoms with Gasteiger partial charge in [0, 0.05) is 5.56 Å². The summed E-state index contributed by atoms with van der Waals surface area (Å²) < 4.78 is 14.0. The highest BCUT2D eigenvalue weighted by molar-refractivity contribution is 6.05. The van der Waals surface area contributed by atoms with Gasteiger partial charge < -0.3 is 15.4 Å². The number of aromatic hydroxyl groups is 2. The van der Waals surface area contributed by atoms with Crippen LogP contribution in [0.3, 0.4) is 0 Å². The fraction of sp³-hybridized carbons (Fsp3) is 0.133. The Bertz CT molecular complexity index is 668. The summed E-state index contributed by atoms with van der Waals surface area (Å²) in [4.78, 5) is 0. The molecular weight excluding hydrogens is 261 g/mol. The molecule has 2 aromatic carbocycles. The fourth-order valence-corrected chi connectivity index (χ4v) is 2.05. The van der Waals surface area contributed by atoms with Crippen molar-refractivity contribution in [1.82, 2.24) is 0 Å². The Kier molecular flexibility index (Phi) is 3.89. The first-order valence-corrected chi connectivity index (χ1v) is 6.10. The van der Waals surface area contributed by atoms with Crippen LogP contribution in [0, 0.1) is 5.82 Å². The highest BCUT2D eigenvalue weighted by Crippen LogP contribution is 2.33. The van der Waals surface area contributed by atoms with Crippen LogP contribution in [0.5, 0.6) is 11.5 Å². The summed E-state index contributed by atoms with van der Waals surface area (Å²) in [6.07, 6.45) is 0.356. The number of hydrogen-bond acceptors (Lipinski definition) is 4. The molecule has 0 atom stereocenters. The lowest BCUT2D eigenvalue weighted by atomic mass is 9.95. The first kappa shape index (κ1) is 13.9. The van der Waals surface area contributed by atoms with Crippen molar-refractivity contribution in [3.8, 4) is 22.6 Å². The quantitative estimate of drug-likeness (QED) is 0.347. The average Bonchev–Trinajstić information content (AvgIpc) is 2.45. The van der Waals surface area contributed by atoms with E-state index >= 15 is 0 Å². The van der Waals surface area contributed by atoms with Crippen molar-refractivity contribution in [1.29, 1.82) is 0 Å². The van der Waals surface area contributed by atoms with Crippen LogP contribution in [0.1, 0.15) is 18.9 Å². The Morgan fingerprint density at radius 1 is 1.15 bits per heavy atom. The molecule has 0 saturated heterocycles. The van der Waals surface area contributed by atoms with Crippen LogP contribution in [-0.2, 0) is 0 Å². The molecule has 3 N–H and O–H groups in total. The summed E-state index contributed by atoms with van der Waals surface area (Å²) in [7, 11) is 0. The number of nitrogens with zero attached hydrogens (tertiary/aromatic N) is 1. The van der Waals surface area contributed by atoms with E-state index in [1.807, 2.05) is 0 Å². The summed E-state index contributed by atoms with van der Waals surface area (Å²) in [5.41, 5.74) is 1.40. The SMILES string of the molecule is CCC(=NO)c1c(F)cccc1-c1ccc(O)c(O)c1. The van der Waals surface area contributed by atoms with Gasteiger partial charge in [0.2, 0.25) is 0 Å². The van der Waals surface area contributed by atoms with Gasteiger partial charge >= 0.3 is 0 Å². The Morgan fingerprint density at radius 3 is 2.50 bits per heavy atom. The smallest absolute Gasteiger partial charge is 0.158 e. The molecule has 0 unspecified atom stereocenters. The summed E-state index contributed by atoms with van der Waals surface area (Å²) in [6.45, 7) is 1.75. The molecule has 0 radical (unpaired) electrons. The van der Waals surface area contributed by atoms with Gasteiger partial charge in [0.15, 0.2) is 11.5 Å². The molecule has 2 rings (SSSR count). The third-order valence-corrected chi connectivity index (χ3v) is 3.04. The zero-order valence-electron chi connectivity index (χ0n) is 10.8. The van der Waals surface area contributed by atoms with Gasteiger partial charge in [0.25, 0.3) is 0 Å². The lowest BCUT2D eigenvalue weighted by Crippen LogP contribution is -2.05. The van der Waals surface area contributed by atoms with Crippen molar-refractivity contribution in [2.75, 3.05) is 0 Å². The van der Waals surface area contributed by atoms with Crippen molar-refractivity contribution in [2.45, 2.75) is 13.3 Å². The van der Waals surface area contributed by atoms with Crippen LogP contribution in [-0.4, -0.2) is 21.1 Å². The van der Waals surface area contributed by atoms with E-state index in [4.69, 9.17) is 5.21 Å². The van der Waals surface area contributed by atoms with Crippen molar-refractivity contribution in [3.05, 3.63) is 47.8 Å². The van der Waals surface area contributed by atoms with E-state index in [1.165, 1.54) is 24.3 Å². The van der Waals surface area contributed by atoms with Crippen LogP contribution in [0.15, 0.2) is 41.6 Å². The normalized spacial score (nSPS) is 11.6. The zero-order valence-corrected chi connectivity index (χ0v) is 10.8. The number of rotatable bonds is 3. The molecule has 0 amide bonds. The molecule has 104 valence electrons. The second kappa shape index (κ2) is 5.61. The average molecular weight is 275 g/mol. The molecule has 0 aromatic heterocycles. The van der Waals surface area contributed by atoms with Gasteiger partial charge in [-0.2, -0.15) is 0 Å². The predicted octanol–water partition coefficient (Wildman–Crippen LogP) is 3.49.